The zero-order valence-electron chi connectivity index (χ0n) is 4.60. The van der Waals surface area contributed by atoms with Gasteiger partial charge in [-0.25, -0.2) is 0 Å². The van der Waals surface area contributed by atoms with E-state index in [4.69, 9.17) is 5.73 Å². The van der Waals surface area contributed by atoms with Crippen molar-refractivity contribution in [3.05, 3.63) is 0 Å². The van der Waals surface area contributed by atoms with Crippen LogP contribution in [0, 0.1) is 0 Å². The maximum Gasteiger partial charge on any atom is 0.101 e. The fourth-order valence-electron chi connectivity index (χ4n) is 0.320. The second kappa shape index (κ2) is 5.18. The summed E-state index contributed by atoms with van der Waals surface area (Å²) in [7, 11) is -1.02. The highest BCUT2D eigenvalue weighted by Crippen LogP contribution is 1.79. The summed E-state index contributed by atoms with van der Waals surface area (Å²) in [6, 6.07) is 0. The number of hydrogen-bond acceptors (Lipinski definition) is 2. The normalized spacial score (nSPS) is 13.8. The molecule has 0 aromatic carbocycles. The van der Waals surface area contributed by atoms with Crippen molar-refractivity contribution >= 4 is 10.8 Å². The van der Waals surface area contributed by atoms with Crippen LogP contribution in [0.2, 0.25) is 0 Å². The molecule has 0 heterocycles. The number of halogens is 1. The van der Waals surface area contributed by atoms with E-state index in [1.54, 1.807) is 0 Å². The summed E-state index contributed by atoms with van der Waals surface area (Å²) in [6.45, 7) is -0.126. The first-order chi connectivity index (χ1) is 3.81. The highest BCUT2D eigenvalue weighted by molar-refractivity contribution is 7.85. The van der Waals surface area contributed by atoms with Gasteiger partial charge in [-0.3, -0.25) is 8.60 Å². The first-order valence-corrected chi connectivity index (χ1v) is 3.91. The maximum atomic E-state index is 11.3. The largest absolute Gasteiger partial charge is 0.330 e. The molecule has 8 heavy (non-hydrogen) atoms. The molecule has 0 bridgehead atoms. The van der Waals surface area contributed by atoms with E-state index in [2.05, 4.69) is 0 Å². The SMILES string of the molecule is NCCS(=O)CCF. The van der Waals surface area contributed by atoms with Gasteiger partial charge in [0, 0.05) is 23.1 Å². The van der Waals surface area contributed by atoms with E-state index in [0.29, 0.717) is 12.3 Å². The number of nitrogens with two attached hydrogens (primary N) is 1. The van der Waals surface area contributed by atoms with Crippen LogP contribution in [-0.4, -0.2) is 28.9 Å². The van der Waals surface area contributed by atoms with Gasteiger partial charge in [0.2, 0.25) is 0 Å². The molecule has 4 heteroatoms. The lowest BCUT2D eigenvalue weighted by molar-refractivity contribution is 0.528. The van der Waals surface area contributed by atoms with Gasteiger partial charge in [-0.1, -0.05) is 0 Å². The molecular formula is C4H10FNOS. The van der Waals surface area contributed by atoms with Crippen LogP contribution in [0.25, 0.3) is 0 Å². The molecule has 2 N–H and O–H groups in total. The summed E-state index contributed by atoms with van der Waals surface area (Å²) < 4.78 is 21.8. The van der Waals surface area contributed by atoms with Crippen molar-refractivity contribution in [2.75, 3.05) is 24.7 Å². The third-order valence-corrected chi connectivity index (χ3v) is 1.95. The van der Waals surface area contributed by atoms with Crippen LogP contribution in [0.15, 0.2) is 0 Å². The van der Waals surface area contributed by atoms with Crippen LogP contribution in [0.1, 0.15) is 0 Å². The molecule has 0 radical (unpaired) electrons. The van der Waals surface area contributed by atoms with Crippen LogP contribution < -0.4 is 5.73 Å². The maximum absolute atomic E-state index is 11.3. The van der Waals surface area contributed by atoms with Crippen LogP contribution in [-0.2, 0) is 10.8 Å². The fraction of sp³-hybridized carbons (Fsp3) is 1.00. The molecule has 0 aliphatic heterocycles. The Balaban J connectivity index is 3.06. The van der Waals surface area contributed by atoms with Crippen molar-refractivity contribution in [2.45, 2.75) is 0 Å². The molecule has 1 unspecified atom stereocenters. The topological polar surface area (TPSA) is 43.1 Å². The van der Waals surface area contributed by atoms with Gasteiger partial charge in [0.1, 0.15) is 6.67 Å². The molecule has 0 spiro atoms. The Morgan fingerprint density at radius 2 is 2.12 bits per heavy atom. The molecule has 0 saturated carbocycles. The Kier molecular flexibility index (Phi) is 5.21. The Labute approximate surface area is 50.7 Å². The van der Waals surface area contributed by atoms with E-state index in [-0.39, 0.29) is 5.75 Å². The minimum Gasteiger partial charge on any atom is -0.330 e. The van der Waals surface area contributed by atoms with Crippen molar-refractivity contribution in [3.8, 4) is 0 Å². The highest BCUT2D eigenvalue weighted by atomic mass is 32.2. The van der Waals surface area contributed by atoms with Crippen molar-refractivity contribution in [2.24, 2.45) is 5.73 Å². The van der Waals surface area contributed by atoms with E-state index < -0.39 is 17.5 Å². The Bertz CT molecular complexity index is 70.4. The van der Waals surface area contributed by atoms with Gasteiger partial charge in [0.05, 0.1) is 5.75 Å². The van der Waals surface area contributed by atoms with E-state index in [1.165, 1.54) is 0 Å². The molecule has 0 aromatic rings. The monoisotopic (exact) mass is 139 g/mol. The molecule has 1 atom stereocenters. The van der Waals surface area contributed by atoms with Gasteiger partial charge in [-0.05, 0) is 0 Å². The van der Waals surface area contributed by atoms with Gasteiger partial charge in [0.15, 0.2) is 0 Å². The first-order valence-electron chi connectivity index (χ1n) is 2.42. The van der Waals surface area contributed by atoms with Crippen LogP contribution in [0.5, 0.6) is 0 Å². The van der Waals surface area contributed by atoms with Gasteiger partial charge in [0.25, 0.3) is 0 Å². The highest BCUT2D eigenvalue weighted by Gasteiger charge is 1.94. The lowest BCUT2D eigenvalue weighted by Crippen LogP contribution is -2.13. The molecule has 0 rings (SSSR count). The number of hydrogen-bond donors (Lipinski definition) is 1. The van der Waals surface area contributed by atoms with Crippen molar-refractivity contribution in [3.63, 3.8) is 0 Å². The molecule has 50 valence electrons. The molecule has 0 saturated heterocycles. The summed E-state index contributed by atoms with van der Waals surface area (Å²) in [5.41, 5.74) is 5.04. The van der Waals surface area contributed by atoms with E-state index in [9.17, 15) is 8.60 Å². The number of alkyl halides is 1. The molecular weight excluding hydrogens is 129 g/mol. The predicted octanol–water partition coefficient (Wildman–Crippen LogP) is -0.337. The third-order valence-electron chi connectivity index (χ3n) is 0.650. The van der Waals surface area contributed by atoms with Gasteiger partial charge < -0.3 is 5.73 Å². The molecule has 0 amide bonds. The Hall–Kier alpha value is 0.0400. The second-order valence-electron chi connectivity index (χ2n) is 1.33. The smallest absolute Gasteiger partial charge is 0.101 e. The summed E-state index contributed by atoms with van der Waals surface area (Å²) in [4.78, 5) is 0. The van der Waals surface area contributed by atoms with Gasteiger partial charge >= 0.3 is 0 Å². The summed E-state index contributed by atoms with van der Waals surface area (Å²) in [6.07, 6.45) is 0. The van der Waals surface area contributed by atoms with Gasteiger partial charge in [-0.15, -0.1) is 0 Å². The van der Waals surface area contributed by atoms with E-state index in [0.717, 1.165) is 0 Å². The zero-order valence-corrected chi connectivity index (χ0v) is 5.42. The fourth-order valence-corrected chi connectivity index (χ4v) is 0.959. The van der Waals surface area contributed by atoms with Crippen molar-refractivity contribution in [1.82, 2.24) is 0 Å². The predicted molar refractivity (Wildman–Crippen MR) is 32.9 cm³/mol. The standard InChI is InChI=1S/C4H10FNOS/c5-1-3-8(7)4-2-6/h1-4,6H2. The summed E-state index contributed by atoms with van der Waals surface area (Å²) in [5.74, 6) is 0.557. The first kappa shape index (κ1) is 8.04. The second-order valence-corrected chi connectivity index (χ2v) is 3.02. The Morgan fingerprint density at radius 1 is 1.50 bits per heavy atom. The molecule has 0 aromatic heterocycles. The number of rotatable bonds is 4. The molecule has 2 nitrogen and oxygen atoms in total. The Morgan fingerprint density at radius 3 is 2.50 bits per heavy atom. The van der Waals surface area contributed by atoms with Crippen LogP contribution in [0.4, 0.5) is 4.39 Å². The molecule has 0 aliphatic rings. The molecule has 0 fully saturated rings. The van der Waals surface area contributed by atoms with Crippen LogP contribution >= 0.6 is 0 Å². The van der Waals surface area contributed by atoms with Gasteiger partial charge in [-0.2, -0.15) is 0 Å². The summed E-state index contributed by atoms with van der Waals surface area (Å²) >= 11 is 0. The van der Waals surface area contributed by atoms with Crippen molar-refractivity contribution < 1.29 is 8.60 Å². The quantitative estimate of drug-likeness (QED) is 0.579. The van der Waals surface area contributed by atoms with Crippen LogP contribution in [0.3, 0.4) is 0 Å². The minimum absolute atomic E-state index is 0.136. The minimum atomic E-state index is -1.02. The van der Waals surface area contributed by atoms with E-state index >= 15 is 0 Å². The zero-order chi connectivity index (χ0) is 6.41. The lowest BCUT2D eigenvalue weighted by atomic mass is 10.8. The third kappa shape index (κ3) is 4.21. The van der Waals surface area contributed by atoms with Crippen molar-refractivity contribution in [1.29, 1.82) is 0 Å². The summed E-state index contributed by atoms with van der Waals surface area (Å²) in [5, 5.41) is 0. The lowest BCUT2D eigenvalue weighted by Gasteiger charge is -1.92. The molecule has 0 aliphatic carbocycles. The van der Waals surface area contributed by atoms with E-state index in [1.807, 2.05) is 0 Å². The average molecular weight is 139 g/mol. The average Bonchev–Trinajstić information content (AvgIpc) is 1.68.